The van der Waals surface area contributed by atoms with Gasteiger partial charge in [0.25, 0.3) is 0 Å². The summed E-state index contributed by atoms with van der Waals surface area (Å²) in [6.07, 6.45) is 3.28. The largest absolute Gasteiger partial charge is 0.472 e. The quantitative estimate of drug-likeness (QED) is 0.882. The Morgan fingerprint density at radius 2 is 2.25 bits per heavy atom. The molecule has 2 rings (SSSR count). The molecule has 0 unspecified atom stereocenters. The lowest BCUT2D eigenvalue weighted by atomic mass is 10.2. The first kappa shape index (κ1) is 10.6. The zero-order chi connectivity index (χ0) is 11.4. The molecule has 16 heavy (non-hydrogen) atoms. The van der Waals surface area contributed by atoms with Crippen LogP contribution in [0.3, 0.4) is 0 Å². The fraction of sp³-hybridized carbons (Fsp3) is 0.0833. The van der Waals surface area contributed by atoms with Gasteiger partial charge in [-0.05, 0) is 24.3 Å². The van der Waals surface area contributed by atoms with Crippen LogP contribution in [-0.2, 0) is 6.54 Å². The van der Waals surface area contributed by atoms with Gasteiger partial charge in [0.1, 0.15) is 6.07 Å². The summed E-state index contributed by atoms with van der Waals surface area (Å²) in [6, 6.07) is 9.15. The van der Waals surface area contributed by atoms with Gasteiger partial charge in [-0.15, -0.1) is 0 Å². The Morgan fingerprint density at radius 3 is 2.94 bits per heavy atom. The Bertz CT molecular complexity index is 514. The number of hydrogen-bond acceptors (Lipinski definition) is 3. The molecule has 1 N–H and O–H groups in total. The molecule has 2 aromatic rings. The van der Waals surface area contributed by atoms with Gasteiger partial charge in [0, 0.05) is 17.1 Å². The van der Waals surface area contributed by atoms with E-state index in [1.165, 1.54) is 0 Å². The van der Waals surface area contributed by atoms with E-state index in [2.05, 4.69) is 11.4 Å². The van der Waals surface area contributed by atoms with Crippen LogP contribution in [0.4, 0.5) is 5.69 Å². The molecule has 0 radical (unpaired) electrons. The molecule has 1 aromatic heterocycles. The van der Waals surface area contributed by atoms with Gasteiger partial charge in [-0.2, -0.15) is 5.26 Å². The highest BCUT2D eigenvalue weighted by molar-refractivity contribution is 6.30. The van der Waals surface area contributed by atoms with Gasteiger partial charge < -0.3 is 9.73 Å². The first-order valence-corrected chi connectivity index (χ1v) is 5.12. The van der Waals surface area contributed by atoms with Crippen LogP contribution < -0.4 is 5.32 Å². The minimum absolute atomic E-state index is 0.538. The van der Waals surface area contributed by atoms with Crippen LogP contribution in [0.25, 0.3) is 0 Å². The highest BCUT2D eigenvalue weighted by Crippen LogP contribution is 2.20. The molecule has 0 spiro atoms. The van der Waals surface area contributed by atoms with E-state index < -0.39 is 0 Å². The Balaban J connectivity index is 2.13. The Labute approximate surface area is 98.3 Å². The molecule has 0 bridgehead atoms. The van der Waals surface area contributed by atoms with Crippen molar-refractivity contribution in [3.8, 4) is 6.07 Å². The van der Waals surface area contributed by atoms with Crippen molar-refractivity contribution in [3.05, 3.63) is 52.9 Å². The van der Waals surface area contributed by atoms with Crippen molar-refractivity contribution >= 4 is 17.3 Å². The van der Waals surface area contributed by atoms with Crippen molar-refractivity contribution in [3.63, 3.8) is 0 Å². The van der Waals surface area contributed by atoms with Crippen molar-refractivity contribution in [1.82, 2.24) is 0 Å². The smallest absolute Gasteiger partial charge is 0.101 e. The number of anilines is 1. The van der Waals surface area contributed by atoms with Gasteiger partial charge in [0.05, 0.1) is 23.8 Å². The van der Waals surface area contributed by atoms with Crippen molar-refractivity contribution < 1.29 is 4.42 Å². The van der Waals surface area contributed by atoms with E-state index in [9.17, 15) is 0 Å². The first-order valence-electron chi connectivity index (χ1n) is 4.74. The van der Waals surface area contributed by atoms with Crippen molar-refractivity contribution in [2.45, 2.75) is 6.54 Å². The number of benzene rings is 1. The average molecular weight is 233 g/mol. The second kappa shape index (κ2) is 4.73. The summed E-state index contributed by atoms with van der Waals surface area (Å²) in [5.74, 6) is 0. The van der Waals surface area contributed by atoms with E-state index in [4.69, 9.17) is 21.3 Å². The molecule has 1 heterocycles. The molecule has 0 atom stereocenters. The Kier molecular flexibility index (Phi) is 3.13. The second-order valence-corrected chi connectivity index (χ2v) is 3.72. The van der Waals surface area contributed by atoms with Crippen LogP contribution in [0, 0.1) is 11.3 Å². The molecule has 0 aliphatic heterocycles. The monoisotopic (exact) mass is 232 g/mol. The highest BCUT2D eigenvalue weighted by Gasteiger charge is 2.02. The summed E-state index contributed by atoms with van der Waals surface area (Å²) in [7, 11) is 0. The summed E-state index contributed by atoms with van der Waals surface area (Å²) in [6.45, 7) is 0.618. The Morgan fingerprint density at radius 1 is 1.38 bits per heavy atom. The van der Waals surface area contributed by atoms with E-state index in [1.54, 1.807) is 30.7 Å². The molecule has 4 heteroatoms. The maximum Gasteiger partial charge on any atom is 0.101 e. The molecule has 0 aliphatic carbocycles. The number of hydrogen-bond donors (Lipinski definition) is 1. The third kappa shape index (κ3) is 2.36. The minimum Gasteiger partial charge on any atom is -0.472 e. The van der Waals surface area contributed by atoms with Gasteiger partial charge in [0.15, 0.2) is 0 Å². The molecule has 0 saturated carbocycles. The molecular formula is C12H9ClN2O. The molecule has 0 fully saturated rings. The highest BCUT2D eigenvalue weighted by atomic mass is 35.5. The predicted octanol–water partition coefficient (Wildman–Crippen LogP) is 3.42. The number of rotatable bonds is 3. The molecule has 1 aromatic carbocycles. The zero-order valence-corrected chi connectivity index (χ0v) is 9.16. The topological polar surface area (TPSA) is 49.0 Å². The van der Waals surface area contributed by atoms with E-state index >= 15 is 0 Å². The SMILES string of the molecule is N#Cc1cc(Cl)ccc1NCc1ccoc1. The normalized spacial score (nSPS) is 9.75. The first-order chi connectivity index (χ1) is 7.79. The van der Waals surface area contributed by atoms with E-state index in [1.807, 2.05) is 6.07 Å². The average Bonchev–Trinajstić information content (AvgIpc) is 2.80. The van der Waals surface area contributed by atoms with E-state index in [0.29, 0.717) is 17.1 Å². The summed E-state index contributed by atoms with van der Waals surface area (Å²) in [4.78, 5) is 0. The lowest BCUT2D eigenvalue weighted by Gasteiger charge is -2.06. The number of nitriles is 1. The van der Waals surface area contributed by atoms with Crippen LogP contribution in [-0.4, -0.2) is 0 Å². The van der Waals surface area contributed by atoms with Crippen LogP contribution in [0.15, 0.2) is 41.2 Å². The van der Waals surface area contributed by atoms with E-state index in [0.717, 1.165) is 11.3 Å². The zero-order valence-electron chi connectivity index (χ0n) is 8.40. The standard InChI is InChI=1S/C12H9ClN2O/c13-11-1-2-12(10(5-11)6-14)15-7-9-3-4-16-8-9/h1-5,8,15H,7H2. The van der Waals surface area contributed by atoms with Crippen LogP contribution in [0.1, 0.15) is 11.1 Å². The van der Waals surface area contributed by atoms with Crippen LogP contribution >= 0.6 is 11.6 Å². The Hall–Kier alpha value is -1.92. The third-order valence-corrected chi connectivity index (χ3v) is 2.40. The summed E-state index contributed by atoms with van der Waals surface area (Å²) in [5, 5.41) is 12.6. The molecule has 0 amide bonds. The molecule has 0 aliphatic rings. The maximum atomic E-state index is 8.93. The number of furan rings is 1. The lowest BCUT2D eigenvalue weighted by Crippen LogP contribution is -2.00. The number of nitrogens with zero attached hydrogens (tertiary/aromatic N) is 1. The fourth-order valence-electron chi connectivity index (χ4n) is 1.35. The number of nitrogens with one attached hydrogen (secondary N) is 1. The van der Waals surface area contributed by atoms with Crippen molar-refractivity contribution in [1.29, 1.82) is 5.26 Å². The molecule has 0 saturated heterocycles. The van der Waals surface area contributed by atoms with Gasteiger partial charge >= 0.3 is 0 Å². The van der Waals surface area contributed by atoms with E-state index in [-0.39, 0.29) is 0 Å². The van der Waals surface area contributed by atoms with Crippen LogP contribution in [0.5, 0.6) is 0 Å². The second-order valence-electron chi connectivity index (χ2n) is 3.29. The van der Waals surface area contributed by atoms with Gasteiger partial charge in [-0.3, -0.25) is 0 Å². The van der Waals surface area contributed by atoms with Gasteiger partial charge in [-0.1, -0.05) is 11.6 Å². The maximum absolute atomic E-state index is 8.93. The molecular weight excluding hydrogens is 224 g/mol. The molecule has 3 nitrogen and oxygen atoms in total. The van der Waals surface area contributed by atoms with Gasteiger partial charge in [-0.25, -0.2) is 0 Å². The van der Waals surface area contributed by atoms with Crippen LogP contribution in [0.2, 0.25) is 5.02 Å². The summed E-state index contributed by atoms with van der Waals surface area (Å²) in [5.41, 5.74) is 2.34. The minimum atomic E-state index is 0.538. The third-order valence-electron chi connectivity index (χ3n) is 2.17. The van der Waals surface area contributed by atoms with Crippen molar-refractivity contribution in [2.75, 3.05) is 5.32 Å². The summed E-state index contributed by atoms with van der Waals surface area (Å²) >= 11 is 5.80. The summed E-state index contributed by atoms with van der Waals surface area (Å²) < 4.78 is 4.95. The molecule has 80 valence electrons. The lowest BCUT2D eigenvalue weighted by molar-refractivity contribution is 0.564. The van der Waals surface area contributed by atoms with Crippen molar-refractivity contribution in [2.24, 2.45) is 0 Å². The predicted molar refractivity (Wildman–Crippen MR) is 62.2 cm³/mol. The number of halogens is 1. The van der Waals surface area contributed by atoms with Gasteiger partial charge in [0.2, 0.25) is 0 Å². The fourth-order valence-corrected chi connectivity index (χ4v) is 1.53.